The Hall–Kier alpha value is -1.35. The summed E-state index contributed by atoms with van der Waals surface area (Å²) < 4.78 is 0. The fourth-order valence-electron chi connectivity index (χ4n) is 2.80. The summed E-state index contributed by atoms with van der Waals surface area (Å²) >= 11 is 1.74. The van der Waals surface area contributed by atoms with Gasteiger partial charge in [-0.3, -0.25) is 0 Å². The van der Waals surface area contributed by atoms with Crippen molar-refractivity contribution in [1.82, 2.24) is 4.98 Å². The van der Waals surface area contributed by atoms with Crippen molar-refractivity contribution in [3.05, 3.63) is 34.7 Å². The second-order valence-corrected chi connectivity index (χ2v) is 6.43. The molecule has 0 amide bonds. The molecule has 100 valence electrons. The van der Waals surface area contributed by atoms with Gasteiger partial charge in [0.25, 0.3) is 0 Å². The maximum absolute atomic E-state index is 9.88. The van der Waals surface area contributed by atoms with Gasteiger partial charge in [0, 0.05) is 16.9 Å². The summed E-state index contributed by atoms with van der Waals surface area (Å²) in [5.41, 5.74) is 1.76. The fourth-order valence-corrected chi connectivity index (χ4v) is 3.79. The SMILES string of the molecule is CC1CCC(c2nc(-c3ccccc3O)cs2)CC1. The summed E-state index contributed by atoms with van der Waals surface area (Å²) in [5.74, 6) is 1.81. The quantitative estimate of drug-likeness (QED) is 0.851. The lowest BCUT2D eigenvalue weighted by Gasteiger charge is -2.24. The molecule has 2 aromatic rings. The molecule has 0 atom stereocenters. The smallest absolute Gasteiger partial charge is 0.125 e. The molecule has 19 heavy (non-hydrogen) atoms. The highest BCUT2D eigenvalue weighted by molar-refractivity contribution is 7.10. The van der Waals surface area contributed by atoms with E-state index in [1.54, 1.807) is 17.4 Å². The molecule has 3 rings (SSSR count). The van der Waals surface area contributed by atoms with Crippen molar-refractivity contribution in [3.8, 4) is 17.0 Å². The normalized spacial score (nSPS) is 23.4. The molecular weight excluding hydrogens is 254 g/mol. The van der Waals surface area contributed by atoms with E-state index in [0.29, 0.717) is 11.7 Å². The van der Waals surface area contributed by atoms with Gasteiger partial charge < -0.3 is 5.11 Å². The summed E-state index contributed by atoms with van der Waals surface area (Å²) in [6.45, 7) is 2.34. The average Bonchev–Trinajstić information content (AvgIpc) is 2.89. The highest BCUT2D eigenvalue weighted by Crippen LogP contribution is 2.39. The van der Waals surface area contributed by atoms with E-state index in [2.05, 4.69) is 12.3 Å². The number of benzene rings is 1. The third-order valence-corrected chi connectivity index (χ3v) is 5.07. The average molecular weight is 273 g/mol. The third kappa shape index (κ3) is 2.66. The topological polar surface area (TPSA) is 33.1 Å². The minimum atomic E-state index is 0.316. The predicted molar refractivity (Wildman–Crippen MR) is 79.6 cm³/mol. The highest BCUT2D eigenvalue weighted by atomic mass is 32.1. The molecule has 1 fully saturated rings. The molecule has 0 bridgehead atoms. The zero-order valence-electron chi connectivity index (χ0n) is 11.2. The number of nitrogens with zero attached hydrogens (tertiary/aromatic N) is 1. The second-order valence-electron chi connectivity index (χ2n) is 5.54. The Kier molecular flexibility index (Phi) is 3.56. The number of phenols is 1. The number of hydrogen-bond acceptors (Lipinski definition) is 3. The van der Waals surface area contributed by atoms with Crippen LogP contribution >= 0.6 is 11.3 Å². The molecule has 3 heteroatoms. The maximum Gasteiger partial charge on any atom is 0.125 e. The Labute approximate surface area is 118 Å². The monoisotopic (exact) mass is 273 g/mol. The van der Waals surface area contributed by atoms with Crippen LogP contribution in [-0.2, 0) is 0 Å². The summed E-state index contributed by atoms with van der Waals surface area (Å²) in [4.78, 5) is 4.75. The van der Waals surface area contributed by atoms with E-state index in [9.17, 15) is 5.11 Å². The number of hydrogen-bond donors (Lipinski definition) is 1. The molecule has 2 nitrogen and oxygen atoms in total. The minimum Gasteiger partial charge on any atom is -0.507 e. The lowest BCUT2D eigenvalue weighted by molar-refractivity contribution is 0.347. The van der Waals surface area contributed by atoms with E-state index in [-0.39, 0.29) is 0 Å². The molecule has 0 spiro atoms. The van der Waals surface area contributed by atoms with Gasteiger partial charge in [0.2, 0.25) is 0 Å². The van der Waals surface area contributed by atoms with Gasteiger partial charge in [-0.2, -0.15) is 0 Å². The van der Waals surface area contributed by atoms with Crippen LogP contribution in [0.25, 0.3) is 11.3 Å². The summed E-state index contributed by atoms with van der Waals surface area (Å²) in [5, 5.41) is 13.2. The van der Waals surface area contributed by atoms with E-state index >= 15 is 0 Å². The fraction of sp³-hybridized carbons (Fsp3) is 0.438. The van der Waals surface area contributed by atoms with Crippen LogP contribution in [0.3, 0.4) is 0 Å². The van der Waals surface area contributed by atoms with Gasteiger partial charge in [0.05, 0.1) is 10.7 Å². The summed E-state index contributed by atoms with van der Waals surface area (Å²) in [6.07, 6.45) is 5.15. The van der Waals surface area contributed by atoms with E-state index in [0.717, 1.165) is 17.2 Å². The van der Waals surface area contributed by atoms with Crippen molar-refractivity contribution >= 4 is 11.3 Å². The van der Waals surface area contributed by atoms with Crippen LogP contribution in [0.1, 0.15) is 43.5 Å². The predicted octanol–water partition coefficient (Wildman–Crippen LogP) is 4.81. The van der Waals surface area contributed by atoms with Crippen molar-refractivity contribution < 1.29 is 5.11 Å². The molecule has 1 aromatic heterocycles. The Morgan fingerprint density at radius 2 is 1.89 bits per heavy atom. The number of rotatable bonds is 2. The minimum absolute atomic E-state index is 0.316. The number of phenolic OH excluding ortho intramolecular Hbond substituents is 1. The third-order valence-electron chi connectivity index (χ3n) is 4.07. The van der Waals surface area contributed by atoms with Crippen molar-refractivity contribution in [2.75, 3.05) is 0 Å². The lowest BCUT2D eigenvalue weighted by atomic mass is 9.83. The Bertz CT molecular complexity index is 555. The van der Waals surface area contributed by atoms with E-state index in [1.807, 2.05) is 18.2 Å². The Morgan fingerprint density at radius 1 is 1.16 bits per heavy atom. The first-order valence-corrected chi connectivity index (χ1v) is 7.86. The summed E-state index contributed by atoms with van der Waals surface area (Å²) in [7, 11) is 0. The zero-order valence-corrected chi connectivity index (χ0v) is 12.0. The van der Waals surface area contributed by atoms with Gasteiger partial charge in [-0.05, 0) is 30.9 Å². The highest BCUT2D eigenvalue weighted by Gasteiger charge is 2.22. The first-order valence-electron chi connectivity index (χ1n) is 6.98. The van der Waals surface area contributed by atoms with Crippen molar-refractivity contribution in [3.63, 3.8) is 0 Å². The molecule has 0 aliphatic heterocycles. The molecule has 1 aliphatic rings. The van der Waals surface area contributed by atoms with Crippen molar-refractivity contribution in [2.45, 2.75) is 38.5 Å². The van der Waals surface area contributed by atoms with E-state index < -0.39 is 0 Å². The Morgan fingerprint density at radius 3 is 2.63 bits per heavy atom. The van der Waals surface area contributed by atoms with Crippen molar-refractivity contribution in [2.24, 2.45) is 5.92 Å². The molecule has 0 radical (unpaired) electrons. The number of para-hydroxylation sites is 1. The van der Waals surface area contributed by atoms with Gasteiger partial charge in [-0.25, -0.2) is 4.98 Å². The number of aromatic nitrogens is 1. The van der Waals surface area contributed by atoms with Crippen LogP contribution in [0.4, 0.5) is 0 Å². The largest absolute Gasteiger partial charge is 0.507 e. The van der Waals surface area contributed by atoms with Crippen LogP contribution < -0.4 is 0 Å². The van der Waals surface area contributed by atoms with Crippen LogP contribution in [-0.4, -0.2) is 10.1 Å². The second kappa shape index (κ2) is 5.33. The first-order chi connectivity index (χ1) is 9.24. The van der Waals surface area contributed by atoms with Gasteiger partial charge in [0.15, 0.2) is 0 Å². The molecule has 1 N–H and O–H groups in total. The molecular formula is C16H19NOS. The maximum atomic E-state index is 9.88. The molecule has 1 aromatic carbocycles. The Balaban J connectivity index is 1.82. The van der Waals surface area contributed by atoms with Crippen LogP contribution in [0.2, 0.25) is 0 Å². The lowest BCUT2D eigenvalue weighted by Crippen LogP contribution is -2.10. The summed E-state index contributed by atoms with van der Waals surface area (Å²) in [6, 6.07) is 7.43. The van der Waals surface area contributed by atoms with Crippen LogP contribution in [0, 0.1) is 5.92 Å². The van der Waals surface area contributed by atoms with Gasteiger partial charge in [0.1, 0.15) is 5.75 Å². The number of thiazole rings is 1. The molecule has 0 unspecified atom stereocenters. The van der Waals surface area contributed by atoms with Gasteiger partial charge >= 0.3 is 0 Å². The molecule has 1 aliphatic carbocycles. The van der Waals surface area contributed by atoms with E-state index in [4.69, 9.17) is 4.98 Å². The van der Waals surface area contributed by atoms with E-state index in [1.165, 1.54) is 30.7 Å². The zero-order chi connectivity index (χ0) is 13.2. The first kappa shape index (κ1) is 12.7. The number of aromatic hydroxyl groups is 1. The van der Waals surface area contributed by atoms with Gasteiger partial charge in [-0.15, -0.1) is 11.3 Å². The molecule has 1 heterocycles. The van der Waals surface area contributed by atoms with Gasteiger partial charge in [-0.1, -0.05) is 31.9 Å². The molecule has 1 saturated carbocycles. The van der Waals surface area contributed by atoms with Crippen LogP contribution in [0.15, 0.2) is 29.6 Å². The van der Waals surface area contributed by atoms with Crippen LogP contribution in [0.5, 0.6) is 5.75 Å². The molecule has 0 saturated heterocycles. The standard InChI is InChI=1S/C16H19NOS/c1-11-6-8-12(9-7-11)16-17-14(10-19-16)13-4-2-3-5-15(13)18/h2-5,10-12,18H,6-9H2,1H3. The van der Waals surface area contributed by atoms with Crippen molar-refractivity contribution in [1.29, 1.82) is 0 Å².